The smallest absolute Gasteiger partial charge is 0.253 e. The van der Waals surface area contributed by atoms with Crippen LogP contribution in [-0.2, 0) is 4.79 Å². The highest BCUT2D eigenvalue weighted by molar-refractivity contribution is 5.94. The van der Waals surface area contributed by atoms with Crippen LogP contribution in [0, 0.1) is 17.8 Å². The normalized spacial score (nSPS) is 22.9. The number of hydrogen-bond donors (Lipinski definition) is 2. The standard InChI is InChI=1S/C22H24N4O2/c23-20-8-6-15(12-25-20)7-9-21(27)24-11-10-17-18-13-26(14-19(17)18)22(28)16-4-2-1-3-5-16/h1-9,12,17-19H,10-11,13-14H2,(H2,23,25)(H,24,27)/b9-7+/t17-,18-,19+. The molecular weight excluding hydrogens is 352 g/mol. The first-order valence-corrected chi connectivity index (χ1v) is 9.63. The van der Waals surface area contributed by atoms with Gasteiger partial charge in [0.1, 0.15) is 5.82 Å². The van der Waals surface area contributed by atoms with E-state index in [2.05, 4.69) is 10.3 Å². The van der Waals surface area contributed by atoms with Gasteiger partial charge in [0.15, 0.2) is 0 Å². The summed E-state index contributed by atoms with van der Waals surface area (Å²) in [6.07, 6.45) is 5.83. The molecule has 28 heavy (non-hydrogen) atoms. The lowest BCUT2D eigenvalue weighted by Crippen LogP contribution is -2.32. The van der Waals surface area contributed by atoms with Crippen LogP contribution in [0.5, 0.6) is 0 Å². The van der Waals surface area contributed by atoms with Crippen molar-refractivity contribution in [2.75, 3.05) is 25.4 Å². The molecule has 2 aliphatic rings. The molecule has 1 saturated carbocycles. The van der Waals surface area contributed by atoms with Crippen molar-refractivity contribution >= 4 is 23.7 Å². The van der Waals surface area contributed by atoms with Crippen LogP contribution >= 0.6 is 0 Å². The number of hydrogen-bond acceptors (Lipinski definition) is 4. The van der Waals surface area contributed by atoms with Crippen molar-refractivity contribution in [2.45, 2.75) is 6.42 Å². The van der Waals surface area contributed by atoms with Crippen LogP contribution in [0.15, 0.2) is 54.7 Å². The van der Waals surface area contributed by atoms with Crippen LogP contribution < -0.4 is 11.1 Å². The number of anilines is 1. The van der Waals surface area contributed by atoms with Gasteiger partial charge in [0.05, 0.1) is 0 Å². The first kappa shape index (κ1) is 18.2. The summed E-state index contributed by atoms with van der Waals surface area (Å²) in [5.74, 6) is 2.26. The van der Waals surface area contributed by atoms with E-state index in [0.717, 1.165) is 30.6 Å². The van der Waals surface area contributed by atoms with Crippen LogP contribution in [-0.4, -0.2) is 41.3 Å². The number of benzene rings is 1. The molecule has 1 aliphatic heterocycles. The Morgan fingerprint density at radius 2 is 1.89 bits per heavy atom. The fraction of sp³-hybridized carbons (Fsp3) is 0.318. The SMILES string of the molecule is Nc1ccc(/C=C/C(=O)NCC[C@@H]2[C@H]3CN(C(=O)c4ccccc4)C[C@@H]23)cn1. The summed E-state index contributed by atoms with van der Waals surface area (Å²) in [7, 11) is 0. The van der Waals surface area contributed by atoms with Crippen molar-refractivity contribution in [2.24, 2.45) is 17.8 Å². The molecule has 4 rings (SSSR count). The van der Waals surface area contributed by atoms with E-state index < -0.39 is 0 Å². The average molecular weight is 376 g/mol. The summed E-state index contributed by atoms with van der Waals surface area (Å²) in [4.78, 5) is 30.4. The number of aromatic nitrogens is 1. The van der Waals surface area contributed by atoms with Crippen molar-refractivity contribution < 1.29 is 9.59 Å². The Morgan fingerprint density at radius 1 is 1.14 bits per heavy atom. The average Bonchev–Trinajstić information content (AvgIpc) is 3.16. The van der Waals surface area contributed by atoms with Gasteiger partial charge in [-0.15, -0.1) is 0 Å². The minimum atomic E-state index is -0.108. The number of nitrogens with zero attached hydrogens (tertiary/aromatic N) is 2. The molecule has 2 amide bonds. The number of carbonyl (C=O) groups is 2. The maximum Gasteiger partial charge on any atom is 0.253 e. The Balaban J connectivity index is 1.17. The molecule has 1 saturated heterocycles. The van der Waals surface area contributed by atoms with E-state index in [1.54, 1.807) is 18.3 Å². The predicted octanol–water partition coefficient (Wildman–Crippen LogP) is 2.20. The van der Waals surface area contributed by atoms with Gasteiger partial charge in [-0.3, -0.25) is 9.59 Å². The van der Waals surface area contributed by atoms with Gasteiger partial charge in [0.2, 0.25) is 5.91 Å². The molecule has 6 heteroatoms. The van der Waals surface area contributed by atoms with Gasteiger partial charge in [-0.05, 0) is 60.1 Å². The van der Waals surface area contributed by atoms with E-state index >= 15 is 0 Å². The van der Waals surface area contributed by atoms with Gasteiger partial charge >= 0.3 is 0 Å². The Labute approximate surface area is 164 Å². The molecule has 6 nitrogen and oxygen atoms in total. The summed E-state index contributed by atoms with van der Waals surface area (Å²) >= 11 is 0. The molecule has 2 aromatic rings. The third-order valence-electron chi connectivity index (χ3n) is 5.69. The van der Waals surface area contributed by atoms with Crippen molar-refractivity contribution in [3.8, 4) is 0 Å². The summed E-state index contributed by atoms with van der Waals surface area (Å²) in [5, 5.41) is 2.93. The molecule has 1 aliphatic carbocycles. The quantitative estimate of drug-likeness (QED) is 0.757. The number of fused-ring (bicyclic) bond motifs is 1. The largest absolute Gasteiger partial charge is 0.384 e. The van der Waals surface area contributed by atoms with Crippen LogP contribution in [0.3, 0.4) is 0 Å². The number of piperidine rings is 1. The van der Waals surface area contributed by atoms with E-state index in [1.165, 1.54) is 6.08 Å². The number of pyridine rings is 1. The lowest BCUT2D eigenvalue weighted by Gasteiger charge is -2.20. The highest BCUT2D eigenvalue weighted by atomic mass is 16.2. The Bertz CT molecular complexity index is 867. The maximum absolute atomic E-state index is 12.5. The Kier molecular flexibility index (Phi) is 5.10. The highest BCUT2D eigenvalue weighted by Crippen LogP contribution is 2.53. The number of nitrogen functional groups attached to an aromatic ring is 1. The summed E-state index contributed by atoms with van der Waals surface area (Å²) in [5.41, 5.74) is 7.14. The van der Waals surface area contributed by atoms with Crippen molar-refractivity contribution in [1.29, 1.82) is 0 Å². The van der Waals surface area contributed by atoms with Gasteiger partial charge in [-0.1, -0.05) is 18.2 Å². The molecule has 0 bridgehead atoms. The number of nitrogens with two attached hydrogens (primary N) is 1. The number of nitrogens with one attached hydrogen (secondary N) is 1. The second-order valence-electron chi connectivity index (χ2n) is 7.50. The molecule has 144 valence electrons. The molecule has 0 spiro atoms. The molecule has 2 fully saturated rings. The molecule has 2 heterocycles. The van der Waals surface area contributed by atoms with E-state index in [0.29, 0.717) is 30.1 Å². The number of likely N-dealkylation sites (tertiary alicyclic amines) is 1. The van der Waals surface area contributed by atoms with Gasteiger partial charge < -0.3 is 16.0 Å². The van der Waals surface area contributed by atoms with E-state index in [9.17, 15) is 9.59 Å². The van der Waals surface area contributed by atoms with E-state index in [4.69, 9.17) is 5.73 Å². The fourth-order valence-electron chi connectivity index (χ4n) is 4.11. The fourth-order valence-corrected chi connectivity index (χ4v) is 4.11. The number of carbonyl (C=O) groups excluding carboxylic acids is 2. The first-order valence-electron chi connectivity index (χ1n) is 9.63. The van der Waals surface area contributed by atoms with E-state index in [1.807, 2.05) is 41.3 Å². The summed E-state index contributed by atoms with van der Waals surface area (Å²) in [6, 6.07) is 13.0. The van der Waals surface area contributed by atoms with Crippen LogP contribution in [0.25, 0.3) is 6.08 Å². The zero-order valence-electron chi connectivity index (χ0n) is 15.6. The molecule has 0 radical (unpaired) electrons. The summed E-state index contributed by atoms with van der Waals surface area (Å²) < 4.78 is 0. The highest BCUT2D eigenvalue weighted by Gasteiger charge is 2.55. The Morgan fingerprint density at radius 3 is 2.57 bits per heavy atom. The van der Waals surface area contributed by atoms with Crippen LogP contribution in [0.2, 0.25) is 0 Å². The predicted molar refractivity (Wildman–Crippen MR) is 108 cm³/mol. The minimum absolute atomic E-state index is 0.108. The van der Waals surface area contributed by atoms with E-state index in [-0.39, 0.29) is 11.8 Å². The molecule has 3 N–H and O–H groups in total. The van der Waals surface area contributed by atoms with Gasteiger partial charge in [-0.2, -0.15) is 0 Å². The topological polar surface area (TPSA) is 88.3 Å². The molecule has 1 aromatic carbocycles. The van der Waals surface area contributed by atoms with Gasteiger partial charge in [-0.25, -0.2) is 4.98 Å². The van der Waals surface area contributed by atoms with Crippen LogP contribution in [0.4, 0.5) is 5.82 Å². The second kappa shape index (κ2) is 7.84. The zero-order chi connectivity index (χ0) is 19.5. The van der Waals surface area contributed by atoms with Crippen molar-refractivity contribution in [3.05, 3.63) is 65.9 Å². The molecule has 3 atom stereocenters. The molecular formula is C22H24N4O2. The van der Waals surface area contributed by atoms with Gasteiger partial charge in [0.25, 0.3) is 5.91 Å². The number of amides is 2. The maximum atomic E-state index is 12.5. The third kappa shape index (κ3) is 4.06. The van der Waals surface area contributed by atoms with Gasteiger partial charge in [0, 0.05) is 37.5 Å². The van der Waals surface area contributed by atoms with Crippen LogP contribution in [0.1, 0.15) is 22.3 Å². The Hall–Kier alpha value is -3.15. The first-order chi connectivity index (χ1) is 13.6. The van der Waals surface area contributed by atoms with Crippen molar-refractivity contribution in [1.82, 2.24) is 15.2 Å². The van der Waals surface area contributed by atoms with Crippen molar-refractivity contribution in [3.63, 3.8) is 0 Å². The lowest BCUT2D eigenvalue weighted by molar-refractivity contribution is -0.116. The number of rotatable bonds is 6. The second-order valence-corrected chi connectivity index (χ2v) is 7.50. The molecule has 1 aromatic heterocycles. The monoisotopic (exact) mass is 376 g/mol. The lowest BCUT2D eigenvalue weighted by atomic mass is 10.1. The minimum Gasteiger partial charge on any atom is -0.384 e. The molecule has 0 unspecified atom stereocenters. The summed E-state index contributed by atoms with van der Waals surface area (Å²) in [6.45, 7) is 2.33. The third-order valence-corrected chi connectivity index (χ3v) is 5.69. The zero-order valence-corrected chi connectivity index (χ0v) is 15.6.